The molecule has 0 saturated carbocycles. The minimum absolute atomic E-state index is 0.0222. The topological polar surface area (TPSA) is 60.0 Å². The van der Waals surface area contributed by atoms with Gasteiger partial charge in [0.2, 0.25) is 0 Å². The Kier molecular flexibility index (Phi) is 7.25. The minimum Gasteiger partial charge on any atom is -0.355 e. The smallest absolute Gasteiger partial charge is 0.253 e. The fourth-order valence-corrected chi connectivity index (χ4v) is 3.19. The van der Waals surface area contributed by atoms with E-state index in [1.807, 2.05) is 24.3 Å². The van der Waals surface area contributed by atoms with Crippen molar-refractivity contribution >= 4 is 11.9 Å². The second-order valence-corrected chi connectivity index (χ2v) is 6.63. The maximum absolute atomic E-state index is 11.9. The zero-order valence-corrected chi connectivity index (χ0v) is 15.9. The van der Waals surface area contributed by atoms with Gasteiger partial charge in [-0.1, -0.05) is 19.1 Å². The third kappa shape index (κ3) is 5.46. The molecule has 1 atom stereocenters. The van der Waals surface area contributed by atoms with Gasteiger partial charge in [0.1, 0.15) is 0 Å². The van der Waals surface area contributed by atoms with Crippen molar-refractivity contribution < 1.29 is 4.79 Å². The number of aliphatic imine (C=N–C) groups is 1. The number of guanidine groups is 1. The van der Waals surface area contributed by atoms with E-state index < -0.39 is 0 Å². The summed E-state index contributed by atoms with van der Waals surface area (Å²) in [5, 5.41) is 6.77. The van der Waals surface area contributed by atoms with Crippen LogP contribution in [0.25, 0.3) is 0 Å². The van der Waals surface area contributed by atoms with Crippen LogP contribution in [-0.4, -0.2) is 68.5 Å². The Bertz CT molecular complexity index is 582. The Labute approximate surface area is 151 Å². The minimum atomic E-state index is 0.0222. The molecule has 6 heteroatoms. The number of nitrogens with one attached hydrogen (secondary N) is 2. The Morgan fingerprint density at radius 1 is 1.28 bits per heavy atom. The highest BCUT2D eigenvalue weighted by Crippen LogP contribution is 2.15. The van der Waals surface area contributed by atoms with Crippen molar-refractivity contribution in [2.24, 2.45) is 4.99 Å². The average molecular weight is 345 g/mol. The maximum atomic E-state index is 11.9. The summed E-state index contributed by atoms with van der Waals surface area (Å²) >= 11 is 0. The van der Waals surface area contributed by atoms with Gasteiger partial charge >= 0.3 is 0 Å². The highest BCUT2D eigenvalue weighted by Gasteiger charge is 2.22. The van der Waals surface area contributed by atoms with Gasteiger partial charge in [0, 0.05) is 45.8 Å². The second-order valence-electron chi connectivity index (χ2n) is 6.63. The molecule has 0 spiro atoms. The zero-order valence-electron chi connectivity index (χ0n) is 15.9. The van der Waals surface area contributed by atoms with Crippen molar-refractivity contribution in [2.45, 2.75) is 32.4 Å². The lowest BCUT2D eigenvalue weighted by Gasteiger charge is -2.24. The average Bonchev–Trinajstić information content (AvgIpc) is 3.09. The van der Waals surface area contributed by atoms with E-state index in [0.717, 1.165) is 24.6 Å². The summed E-state index contributed by atoms with van der Waals surface area (Å²) in [5.74, 6) is 0.838. The van der Waals surface area contributed by atoms with Crippen LogP contribution in [0.3, 0.4) is 0 Å². The van der Waals surface area contributed by atoms with Crippen molar-refractivity contribution in [1.29, 1.82) is 0 Å². The summed E-state index contributed by atoms with van der Waals surface area (Å²) in [6.45, 7) is 6.13. The highest BCUT2D eigenvalue weighted by atomic mass is 16.2. The van der Waals surface area contributed by atoms with Crippen LogP contribution in [0.15, 0.2) is 29.3 Å². The Morgan fingerprint density at radius 3 is 2.60 bits per heavy atom. The van der Waals surface area contributed by atoms with Crippen molar-refractivity contribution in [1.82, 2.24) is 20.4 Å². The van der Waals surface area contributed by atoms with Crippen molar-refractivity contribution in [3.05, 3.63) is 35.4 Å². The molecule has 138 valence electrons. The molecule has 1 aliphatic rings. The van der Waals surface area contributed by atoms with Crippen LogP contribution in [0.2, 0.25) is 0 Å². The van der Waals surface area contributed by atoms with Crippen LogP contribution < -0.4 is 10.6 Å². The summed E-state index contributed by atoms with van der Waals surface area (Å²) in [6, 6.07) is 8.29. The van der Waals surface area contributed by atoms with E-state index in [9.17, 15) is 4.79 Å². The molecule has 2 N–H and O–H groups in total. The number of hydrogen-bond acceptors (Lipinski definition) is 3. The largest absolute Gasteiger partial charge is 0.355 e. The fraction of sp³-hybridized carbons (Fsp3) is 0.579. The summed E-state index contributed by atoms with van der Waals surface area (Å²) in [5.41, 5.74) is 1.83. The van der Waals surface area contributed by atoms with Crippen LogP contribution in [0.4, 0.5) is 0 Å². The first-order valence-electron chi connectivity index (χ1n) is 9.04. The predicted octanol–water partition coefficient (Wildman–Crippen LogP) is 1.54. The molecular formula is C19H31N5O. The first-order valence-corrected chi connectivity index (χ1v) is 9.04. The monoisotopic (exact) mass is 345 g/mol. The van der Waals surface area contributed by atoms with Gasteiger partial charge in [0.05, 0.1) is 0 Å². The molecular weight excluding hydrogens is 314 g/mol. The van der Waals surface area contributed by atoms with E-state index >= 15 is 0 Å². The molecule has 1 aliphatic heterocycles. The molecule has 1 aromatic rings. The van der Waals surface area contributed by atoms with Gasteiger partial charge in [0.15, 0.2) is 5.96 Å². The molecule has 6 nitrogen and oxygen atoms in total. The summed E-state index contributed by atoms with van der Waals surface area (Å²) in [4.78, 5) is 20.3. The molecule has 1 unspecified atom stereocenters. The number of nitrogens with zero attached hydrogens (tertiary/aromatic N) is 3. The number of amides is 1. The van der Waals surface area contributed by atoms with E-state index in [-0.39, 0.29) is 5.91 Å². The molecule has 1 amide bonds. The van der Waals surface area contributed by atoms with Gasteiger partial charge in [0.25, 0.3) is 5.91 Å². The normalized spacial score (nSPS) is 18.2. The van der Waals surface area contributed by atoms with Gasteiger partial charge in [-0.2, -0.15) is 0 Å². The number of carbonyl (C=O) groups is 1. The van der Waals surface area contributed by atoms with Crippen LogP contribution in [0.5, 0.6) is 0 Å². The molecule has 1 fully saturated rings. The van der Waals surface area contributed by atoms with E-state index in [0.29, 0.717) is 18.2 Å². The van der Waals surface area contributed by atoms with Gasteiger partial charge in [-0.3, -0.25) is 14.7 Å². The van der Waals surface area contributed by atoms with Gasteiger partial charge < -0.3 is 15.5 Å². The Morgan fingerprint density at radius 2 is 2.00 bits per heavy atom. The number of rotatable bonds is 6. The quantitative estimate of drug-likeness (QED) is 0.606. The third-order valence-electron chi connectivity index (χ3n) is 4.70. The predicted molar refractivity (Wildman–Crippen MR) is 103 cm³/mol. The van der Waals surface area contributed by atoms with Crippen LogP contribution in [0, 0.1) is 0 Å². The molecule has 0 radical (unpaired) electrons. The van der Waals surface area contributed by atoms with E-state index in [4.69, 9.17) is 0 Å². The molecule has 1 aromatic carbocycles. The Hall–Kier alpha value is -2.08. The number of likely N-dealkylation sites (N-methyl/N-ethyl adjacent to an activating group) is 1. The summed E-state index contributed by atoms with van der Waals surface area (Å²) in [7, 11) is 5.31. The highest BCUT2D eigenvalue weighted by molar-refractivity contribution is 5.93. The number of benzene rings is 1. The van der Waals surface area contributed by atoms with E-state index in [1.54, 1.807) is 26.0 Å². The molecule has 1 heterocycles. The van der Waals surface area contributed by atoms with Crippen LogP contribution in [-0.2, 0) is 6.54 Å². The maximum Gasteiger partial charge on any atom is 0.253 e. The molecule has 0 aromatic heterocycles. The zero-order chi connectivity index (χ0) is 18.2. The van der Waals surface area contributed by atoms with Crippen molar-refractivity contribution in [2.75, 3.05) is 40.8 Å². The first-order chi connectivity index (χ1) is 12.0. The van der Waals surface area contributed by atoms with Gasteiger partial charge in [-0.25, -0.2) is 0 Å². The summed E-state index contributed by atoms with van der Waals surface area (Å²) in [6.07, 6.45) is 2.53. The summed E-state index contributed by atoms with van der Waals surface area (Å²) < 4.78 is 0. The second kappa shape index (κ2) is 9.42. The van der Waals surface area contributed by atoms with E-state index in [2.05, 4.69) is 27.4 Å². The lowest BCUT2D eigenvalue weighted by Crippen LogP contribution is -2.44. The van der Waals surface area contributed by atoms with Gasteiger partial charge in [-0.05, 0) is 43.6 Å². The van der Waals surface area contributed by atoms with Crippen molar-refractivity contribution in [3.63, 3.8) is 0 Å². The molecule has 0 aliphatic carbocycles. The molecule has 25 heavy (non-hydrogen) atoms. The third-order valence-corrected chi connectivity index (χ3v) is 4.70. The standard InChI is InChI=1S/C19H31N5O/c1-5-24-12-6-7-17(24)14-22-19(20-2)21-13-15-8-10-16(11-9-15)18(25)23(3)4/h8-11,17H,5-7,12-14H2,1-4H3,(H2,20,21,22). The number of likely N-dealkylation sites (tertiary alicyclic amines) is 1. The Balaban J connectivity index is 1.81. The number of carbonyl (C=O) groups excluding carboxylic acids is 1. The van der Waals surface area contributed by atoms with Gasteiger partial charge in [-0.15, -0.1) is 0 Å². The van der Waals surface area contributed by atoms with Crippen LogP contribution >= 0.6 is 0 Å². The number of hydrogen-bond donors (Lipinski definition) is 2. The van der Waals surface area contributed by atoms with Crippen molar-refractivity contribution in [3.8, 4) is 0 Å². The lowest BCUT2D eigenvalue weighted by molar-refractivity contribution is 0.0827. The fourth-order valence-electron chi connectivity index (χ4n) is 3.19. The first kappa shape index (κ1) is 19.2. The van der Waals surface area contributed by atoms with Crippen LogP contribution in [0.1, 0.15) is 35.7 Å². The van der Waals surface area contributed by atoms with E-state index in [1.165, 1.54) is 19.4 Å². The SMILES string of the molecule is CCN1CCCC1CNC(=NC)NCc1ccc(C(=O)N(C)C)cc1. The molecule has 0 bridgehead atoms. The molecule has 1 saturated heterocycles. The molecule has 2 rings (SSSR count). The lowest BCUT2D eigenvalue weighted by atomic mass is 10.1.